The van der Waals surface area contributed by atoms with Crippen LogP contribution in [-0.4, -0.2) is 19.7 Å². The largest absolute Gasteiger partial charge is 0.492 e. The number of nitrogens with one attached hydrogen (secondary N) is 1. The van der Waals surface area contributed by atoms with Crippen molar-refractivity contribution in [1.29, 1.82) is 0 Å². The predicted molar refractivity (Wildman–Crippen MR) is 85.0 cm³/mol. The first-order valence-electron chi connectivity index (χ1n) is 6.48. The molecule has 2 aromatic rings. The molecule has 0 saturated carbocycles. The molecule has 0 heterocycles. The van der Waals surface area contributed by atoms with Crippen molar-refractivity contribution in [3.63, 3.8) is 0 Å². The Morgan fingerprint density at radius 1 is 1.10 bits per heavy atom. The molecule has 1 unspecified atom stereocenters. The van der Waals surface area contributed by atoms with E-state index >= 15 is 0 Å². The van der Waals surface area contributed by atoms with E-state index in [1.807, 2.05) is 49.5 Å². The molecule has 0 spiro atoms. The number of hydrogen-bond acceptors (Lipinski definition) is 2. The minimum atomic E-state index is 0.172. The van der Waals surface area contributed by atoms with Crippen LogP contribution in [0.25, 0.3) is 0 Å². The van der Waals surface area contributed by atoms with Gasteiger partial charge in [0.25, 0.3) is 0 Å². The summed E-state index contributed by atoms with van der Waals surface area (Å²) in [6.07, 6.45) is 0.767. The molecule has 0 amide bonds. The SMILES string of the molecule is CNC(COc1ccccc1)Cc1cc(Cl)ccc1Cl. The van der Waals surface area contributed by atoms with Crippen molar-refractivity contribution in [2.75, 3.05) is 13.7 Å². The lowest BCUT2D eigenvalue weighted by Crippen LogP contribution is -2.33. The van der Waals surface area contributed by atoms with Crippen LogP contribution in [0.4, 0.5) is 0 Å². The van der Waals surface area contributed by atoms with Crippen LogP contribution in [0.3, 0.4) is 0 Å². The summed E-state index contributed by atoms with van der Waals surface area (Å²) in [6.45, 7) is 0.573. The number of rotatable bonds is 6. The van der Waals surface area contributed by atoms with E-state index in [1.165, 1.54) is 0 Å². The Hall–Kier alpha value is -1.22. The number of halogens is 2. The van der Waals surface area contributed by atoms with E-state index in [2.05, 4.69) is 5.32 Å². The Balaban J connectivity index is 1.97. The summed E-state index contributed by atoms with van der Waals surface area (Å²) in [5.74, 6) is 0.866. The highest BCUT2D eigenvalue weighted by atomic mass is 35.5. The Kier molecular flexibility index (Phi) is 5.72. The molecule has 0 saturated heterocycles. The highest BCUT2D eigenvalue weighted by Gasteiger charge is 2.11. The van der Waals surface area contributed by atoms with Crippen LogP contribution >= 0.6 is 23.2 Å². The molecule has 1 N–H and O–H groups in total. The van der Waals surface area contributed by atoms with E-state index in [4.69, 9.17) is 27.9 Å². The van der Waals surface area contributed by atoms with Gasteiger partial charge in [-0.3, -0.25) is 0 Å². The zero-order chi connectivity index (χ0) is 14.4. The molecule has 0 aliphatic carbocycles. The lowest BCUT2D eigenvalue weighted by atomic mass is 10.1. The quantitative estimate of drug-likeness (QED) is 0.863. The minimum Gasteiger partial charge on any atom is -0.492 e. The van der Waals surface area contributed by atoms with E-state index in [0.29, 0.717) is 11.6 Å². The lowest BCUT2D eigenvalue weighted by Gasteiger charge is -2.18. The van der Waals surface area contributed by atoms with Crippen molar-refractivity contribution in [1.82, 2.24) is 5.32 Å². The molecule has 20 heavy (non-hydrogen) atoms. The van der Waals surface area contributed by atoms with Gasteiger partial charge in [0.1, 0.15) is 12.4 Å². The molecule has 4 heteroatoms. The number of hydrogen-bond donors (Lipinski definition) is 1. The fourth-order valence-electron chi connectivity index (χ4n) is 1.92. The second-order valence-corrected chi connectivity index (χ2v) is 5.39. The molecule has 0 aliphatic rings. The number of likely N-dealkylation sites (N-methyl/N-ethyl adjacent to an activating group) is 1. The molecule has 0 fully saturated rings. The molecular weight excluding hydrogens is 293 g/mol. The third kappa shape index (κ3) is 4.41. The monoisotopic (exact) mass is 309 g/mol. The summed E-state index contributed by atoms with van der Waals surface area (Å²) in [6, 6.07) is 15.5. The van der Waals surface area contributed by atoms with Crippen LogP contribution in [0.5, 0.6) is 5.75 Å². The van der Waals surface area contributed by atoms with Crippen molar-refractivity contribution in [2.24, 2.45) is 0 Å². The molecule has 2 nitrogen and oxygen atoms in total. The summed E-state index contributed by atoms with van der Waals surface area (Å²) in [7, 11) is 1.91. The van der Waals surface area contributed by atoms with E-state index < -0.39 is 0 Å². The minimum absolute atomic E-state index is 0.172. The zero-order valence-corrected chi connectivity index (χ0v) is 12.8. The zero-order valence-electron chi connectivity index (χ0n) is 11.3. The first-order chi connectivity index (χ1) is 9.69. The Bertz CT molecular complexity index is 545. The van der Waals surface area contributed by atoms with Gasteiger partial charge in [0.05, 0.1) is 0 Å². The molecule has 2 rings (SSSR count). The van der Waals surface area contributed by atoms with E-state index in [0.717, 1.165) is 22.8 Å². The second kappa shape index (κ2) is 7.53. The number of para-hydroxylation sites is 1. The second-order valence-electron chi connectivity index (χ2n) is 4.55. The fourth-order valence-corrected chi connectivity index (χ4v) is 2.31. The van der Waals surface area contributed by atoms with Gasteiger partial charge in [-0.25, -0.2) is 0 Å². The van der Waals surface area contributed by atoms with Gasteiger partial charge in [-0.05, 0) is 49.4 Å². The van der Waals surface area contributed by atoms with Crippen molar-refractivity contribution in [3.05, 3.63) is 64.1 Å². The van der Waals surface area contributed by atoms with Crippen LogP contribution in [0.1, 0.15) is 5.56 Å². The van der Waals surface area contributed by atoms with E-state index in [9.17, 15) is 0 Å². The summed E-state index contributed by atoms with van der Waals surface area (Å²) in [5.41, 5.74) is 1.02. The topological polar surface area (TPSA) is 21.3 Å². The summed E-state index contributed by atoms with van der Waals surface area (Å²) in [5, 5.41) is 4.67. The van der Waals surface area contributed by atoms with Gasteiger partial charge in [-0.15, -0.1) is 0 Å². The third-order valence-electron chi connectivity index (χ3n) is 3.08. The normalized spacial score (nSPS) is 12.2. The molecule has 1 atom stereocenters. The van der Waals surface area contributed by atoms with E-state index in [1.54, 1.807) is 6.07 Å². The van der Waals surface area contributed by atoms with Crippen molar-refractivity contribution >= 4 is 23.2 Å². The van der Waals surface area contributed by atoms with Gasteiger partial charge in [-0.2, -0.15) is 0 Å². The molecule has 106 valence electrons. The molecule has 0 aliphatic heterocycles. The summed E-state index contributed by atoms with van der Waals surface area (Å²) < 4.78 is 5.76. The first kappa shape index (κ1) is 15.2. The lowest BCUT2D eigenvalue weighted by molar-refractivity contribution is 0.270. The predicted octanol–water partition coefficient (Wildman–Crippen LogP) is 4.20. The van der Waals surface area contributed by atoms with E-state index in [-0.39, 0.29) is 6.04 Å². The average Bonchev–Trinajstić information content (AvgIpc) is 2.48. The van der Waals surface area contributed by atoms with Crippen LogP contribution in [0.2, 0.25) is 10.0 Å². The third-order valence-corrected chi connectivity index (χ3v) is 3.68. The maximum absolute atomic E-state index is 6.19. The van der Waals surface area contributed by atoms with Gasteiger partial charge in [0, 0.05) is 16.1 Å². The maximum atomic E-state index is 6.19. The Labute approximate surface area is 129 Å². The van der Waals surface area contributed by atoms with Crippen molar-refractivity contribution in [2.45, 2.75) is 12.5 Å². The number of benzene rings is 2. The summed E-state index contributed by atoms with van der Waals surface area (Å²) in [4.78, 5) is 0. The standard InChI is InChI=1S/C16H17Cl2NO/c1-19-14(11-20-15-5-3-2-4-6-15)10-12-9-13(17)7-8-16(12)18/h2-9,14,19H,10-11H2,1H3. The van der Waals surface area contributed by atoms with Crippen LogP contribution in [0.15, 0.2) is 48.5 Å². The number of ether oxygens (including phenoxy) is 1. The van der Waals surface area contributed by atoms with Gasteiger partial charge < -0.3 is 10.1 Å². The highest BCUT2D eigenvalue weighted by molar-refractivity contribution is 6.33. The molecule has 0 radical (unpaired) electrons. The van der Waals surface area contributed by atoms with Gasteiger partial charge in [-0.1, -0.05) is 41.4 Å². The smallest absolute Gasteiger partial charge is 0.119 e. The van der Waals surface area contributed by atoms with Crippen LogP contribution < -0.4 is 10.1 Å². The Morgan fingerprint density at radius 2 is 1.85 bits per heavy atom. The Morgan fingerprint density at radius 3 is 2.55 bits per heavy atom. The van der Waals surface area contributed by atoms with Crippen molar-refractivity contribution in [3.8, 4) is 5.75 Å². The van der Waals surface area contributed by atoms with Gasteiger partial charge >= 0.3 is 0 Å². The van der Waals surface area contributed by atoms with Crippen LogP contribution in [-0.2, 0) is 6.42 Å². The van der Waals surface area contributed by atoms with Crippen LogP contribution in [0, 0.1) is 0 Å². The average molecular weight is 310 g/mol. The van der Waals surface area contributed by atoms with Crippen molar-refractivity contribution < 1.29 is 4.74 Å². The fraction of sp³-hybridized carbons (Fsp3) is 0.250. The molecule has 0 bridgehead atoms. The summed E-state index contributed by atoms with van der Waals surface area (Å²) >= 11 is 12.2. The maximum Gasteiger partial charge on any atom is 0.119 e. The molecular formula is C16H17Cl2NO. The molecule has 2 aromatic carbocycles. The highest BCUT2D eigenvalue weighted by Crippen LogP contribution is 2.22. The first-order valence-corrected chi connectivity index (χ1v) is 7.23. The van der Waals surface area contributed by atoms with Gasteiger partial charge in [0.15, 0.2) is 0 Å². The van der Waals surface area contributed by atoms with Gasteiger partial charge in [0.2, 0.25) is 0 Å². The molecule has 0 aromatic heterocycles.